The van der Waals surface area contributed by atoms with Crippen LogP contribution in [0.1, 0.15) is 50.3 Å². The third-order valence-corrected chi connectivity index (χ3v) is 7.06. The third kappa shape index (κ3) is 6.32. The minimum absolute atomic E-state index is 0.0352. The Balaban J connectivity index is 1.73. The van der Waals surface area contributed by atoms with Gasteiger partial charge in [-0.1, -0.05) is 24.3 Å². The Morgan fingerprint density at radius 2 is 1.82 bits per heavy atom. The van der Waals surface area contributed by atoms with Gasteiger partial charge in [-0.05, 0) is 69.4 Å². The minimum Gasteiger partial charge on any atom is -0.497 e. The minimum atomic E-state index is -1.08. The highest BCUT2D eigenvalue weighted by molar-refractivity contribution is 5.87. The number of anilines is 1. The Hall–Kier alpha value is -4.08. The van der Waals surface area contributed by atoms with Crippen LogP contribution < -0.4 is 15.7 Å². The maximum atomic E-state index is 13.5. The summed E-state index contributed by atoms with van der Waals surface area (Å²) in [7, 11) is 1.59. The molecule has 0 radical (unpaired) electrons. The number of aryl methyl sites for hydroxylation is 1. The number of carbonyl (C=O) groups excluding carboxylic acids is 1. The summed E-state index contributed by atoms with van der Waals surface area (Å²) >= 11 is 0. The lowest BCUT2D eigenvalue weighted by molar-refractivity contribution is -0.131. The van der Waals surface area contributed by atoms with E-state index in [1.165, 1.54) is 4.90 Å². The first kappa shape index (κ1) is 27.9. The van der Waals surface area contributed by atoms with Gasteiger partial charge in [0.2, 0.25) is 5.91 Å². The van der Waals surface area contributed by atoms with Gasteiger partial charge in [0.15, 0.2) is 0 Å². The van der Waals surface area contributed by atoms with Crippen molar-refractivity contribution in [3.8, 4) is 5.75 Å². The number of fused-ring (bicyclic) bond motifs is 1. The van der Waals surface area contributed by atoms with Crippen LogP contribution in [-0.2, 0) is 17.8 Å². The number of methoxy groups -OCH3 is 1. The second-order valence-corrected chi connectivity index (χ2v) is 10.9. The molecule has 1 aliphatic heterocycles. The van der Waals surface area contributed by atoms with Crippen LogP contribution >= 0.6 is 0 Å². The van der Waals surface area contributed by atoms with E-state index in [-0.39, 0.29) is 23.9 Å². The first-order valence-corrected chi connectivity index (χ1v) is 13.1. The van der Waals surface area contributed by atoms with Crippen molar-refractivity contribution in [2.45, 2.75) is 65.1 Å². The molecule has 0 unspecified atom stereocenters. The number of ether oxygens (including phenoxy) is 1. The average molecular weight is 537 g/mol. The molecule has 39 heavy (non-hydrogen) atoms. The Kier molecular flexibility index (Phi) is 8.13. The molecule has 1 fully saturated rings. The molecule has 2 amide bonds. The zero-order chi connectivity index (χ0) is 28.3. The molecular formula is C29H36N4O6. The van der Waals surface area contributed by atoms with Crippen molar-refractivity contribution in [2.24, 2.45) is 0 Å². The first-order chi connectivity index (χ1) is 18.5. The van der Waals surface area contributed by atoms with Crippen molar-refractivity contribution in [1.82, 2.24) is 14.8 Å². The number of likely N-dealkylation sites (tertiary alicyclic amines) is 1. The number of carbonyl (C=O) groups is 2. The van der Waals surface area contributed by atoms with E-state index < -0.39 is 23.3 Å². The van der Waals surface area contributed by atoms with Crippen molar-refractivity contribution in [2.75, 3.05) is 25.5 Å². The number of amides is 2. The molecule has 10 nitrogen and oxygen atoms in total. The fraction of sp³-hybridized carbons (Fsp3) is 0.448. The zero-order valence-corrected chi connectivity index (χ0v) is 23.1. The van der Waals surface area contributed by atoms with Crippen LogP contribution in [0.2, 0.25) is 0 Å². The largest absolute Gasteiger partial charge is 0.497 e. The molecule has 1 atom stereocenters. The van der Waals surface area contributed by atoms with Crippen LogP contribution in [0.15, 0.2) is 45.6 Å². The Labute approximate surface area is 227 Å². The lowest BCUT2D eigenvalue weighted by atomic mass is 10.0. The molecule has 1 saturated heterocycles. The summed E-state index contributed by atoms with van der Waals surface area (Å²) in [6.07, 6.45) is 1.16. The molecule has 0 bridgehead atoms. The molecule has 0 saturated carbocycles. The first-order valence-electron chi connectivity index (χ1n) is 13.1. The Bertz CT molecular complexity index is 1400. The van der Waals surface area contributed by atoms with Crippen LogP contribution in [0.4, 0.5) is 10.8 Å². The van der Waals surface area contributed by atoms with Crippen molar-refractivity contribution in [1.29, 1.82) is 0 Å². The van der Waals surface area contributed by atoms with Gasteiger partial charge < -0.3 is 24.5 Å². The van der Waals surface area contributed by atoms with Gasteiger partial charge in [-0.15, -0.1) is 0 Å². The zero-order valence-electron chi connectivity index (χ0n) is 23.1. The molecule has 2 aromatic carbocycles. The summed E-state index contributed by atoms with van der Waals surface area (Å²) in [5, 5.41) is 13.2. The highest BCUT2D eigenvalue weighted by Crippen LogP contribution is 2.25. The molecule has 2 heterocycles. The van der Waals surface area contributed by atoms with Crippen molar-refractivity contribution in [3.63, 3.8) is 0 Å². The van der Waals surface area contributed by atoms with Gasteiger partial charge in [-0.3, -0.25) is 9.69 Å². The second-order valence-electron chi connectivity index (χ2n) is 10.9. The van der Waals surface area contributed by atoms with Gasteiger partial charge >= 0.3 is 11.7 Å². The molecular weight excluding hydrogens is 500 g/mol. The summed E-state index contributed by atoms with van der Waals surface area (Å²) in [4.78, 5) is 46.4. The molecule has 1 aliphatic rings. The number of hydrogen-bond donors (Lipinski definition) is 2. The molecule has 3 aromatic rings. The summed E-state index contributed by atoms with van der Waals surface area (Å²) in [6.45, 7) is 8.58. The topological polar surface area (TPSA) is 125 Å². The number of carboxylic acid groups (broad SMARTS) is 1. The highest BCUT2D eigenvalue weighted by atomic mass is 16.5. The van der Waals surface area contributed by atoms with Gasteiger partial charge in [0.1, 0.15) is 11.8 Å². The molecule has 2 N–H and O–H groups in total. The summed E-state index contributed by atoms with van der Waals surface area (Å²) < 4.78 is 10.8. The van der Waals surface area contributed by atoms with Gasteiger partial charge in [-0.25, -0.2) is 9.59 Å². The lowest BCUT2D eigenvalue weighted by Gasteiger charge is -2.33. The third-order valence-electron chi connectivity index (χ3n) is 7.06. The molecule has 10 heteroatoms. The van der Waals surface area contributed by atoms with Crippen molar-refractivity contribution < 1.29 is 23.8 Å². The number of hydrogen-bond acceptors (Lipinski definition) is 7. The van der Waals surface area contributed by atoms with Crippen molar-refractivity contribution in [3.05, 3.63) is 63.5 Å². The fourth-order valence-electron chi connectivity index (χ4n) is 4.84. The fourth-order valence-corrected chi connectivity index (χ4v) is 4.84. The van der Waals surface area contributed by atoms with Gasteiger partial charge in [0, 0.05) is 25.0 Å². The summed E-state index contributed by atoms with van der Waals surface area (Å²) in [5.41, 5.74) is 1.22. The SMILES string of the molecule is COc1ccc(C[C@H](Nc2nc3c(CN(C(=O)O)C(C)(C)C)ccc(C)c3c(=O)o2)C(=O)N2CCCC2)cc1. The van der Waals surface area contributed by atoms with Crippen LogP contribution in [0.5, 0.6) is 5.75 Å². The van der Waals surface area contributed by atoms with E-state index in [9.17, 15) is 19.5 Å². The van der Waals surface area contributed by atoms with Crippen LogP contribution in [0.3, 0.4) is 0 Å². The molecule has 0 spiro atoms. The number of aromatic nitrogens is 1. The maximum absolute atomic E-state index is 13.5. The standard InChI is InChI=1S/C29H36N4O6/c1-18-8-11-20(17-33(28(36)37)29(2,3)4)24-23(18)26(35)39-27(31-24)30-22(25(34)32-14-6-7-15-32)16-19-9-12-21(38-5)13-10-19/h8-13,22H,6-7,14-17H2,1-5H3,(H,30,31)(H,36,37)/t22-/m0/s1. The van der Waals surface area contributed by atoms with E-state index >= 15 is 0 Å². The number of rotatable bonds is 8. The van der Waals surface area contributed by atoms with E-state index in [1.807, 2.05) is 29.2 Å². The van der Waals surface area contributed by atoms with E-state index in [0.717, 1.165) is 18.4 Å². The van der Waals surface area contributed by atoms with E-state index in [2.05, 4.69) is 10.3 Å². The smallest absolute Gasteiger partial charge is 0.408 e. The molecule has 208 valence electrons. The quantitative estimate of drug-likeness (QED) is 0.433. The molecule has 1 aromatic heterocycles. The number of nitrogens with zero attached hydrogens (tertiary/aromatic N) is 3. The van der Waals surface area contributed by atoms with Gasteiger partial charge in [0.25, 0.3) is 6.01 Å². The van der Waals surface area contributed by atoms with E-state index in [1.54, 1.807) is 46.9 Å². The number of benzene rings is 2. The van der Waals surface area contributed by atoms with Crippen LogP contribution in [-0.4, -0.2) is 63.7 Å². The van der Waals surface area contributed by atoms with E-state index in [0.29, 0.717) is 41.9 Å². The maximum Gasteiger partial charge on any atom is 0.408 e. The normalized spacial score (nSPS) is 14.3. The average Bonchev–Trinajstić information content (AvgIpc) is 3.42. The molecule has 0 aliphatic carbocycles. The van der Waals surface area contributed by atoms with Gasteiger partial charge in [0.05, 0.1) is 24.6 Å². The summed E-state index contributed by atoms with van der Waals surface area (Å²) in [5.74, 6) is 0.618. The Morgan fingerprint density at radius 1 is 1.15 bits per heavy atom. The monoisotopic (exact) mass is 536 g/mol. The highest BCUT2D eigenvalue weighted by Gasteiger charge is 2.30. The predicted molar refractivity (Wildman–Crippen MR) is 148 cm³/mol. The van der Waals surface area contributed by atoms with E-state index in [4.69, 9.17) is 9.15 Å². The van der Waals surface area contributed by atoms with Crippen molar-refractivity contribution >= 4 is 28.9 Å². The summed E-state index contributed by atoms with van der Waals surface area (Å²) in [6, 6.07) is 10.2. The molecule has 4 rings (SSSR count). The second kappa shape index (κ2) is 11.3. The van der Waals surface area contributed by atoms with Crippen LogP contribution in [0, 0.1) is 6.92 Å². The van der Waals surface area contributed by atoms with Gasteiger partial charge in [-0.2, -0.15) is 4.98 Å². The Morgan fingerprint density at radius 3 is 2.41 bits per heavy atom. The predicted octanol–water partition coefficient (Wildman–Crippen LogP) is 4.43. The number of nitrogens with one attached hydrogen (secondary N) is 1. The van der Waals surface area contributed by atoms with Crippen LogP contribution in [0.25, 0.3) is 10.9 Å². The lowest BCUT2D eigenvalue weighted by Crippen LogP contribution is -2.44.